The summed E-state index contributed by atoms with van der Waals surface area (Å²) in [6, 6.07) is 14.8. The topological polar surface area (TPSA) is 54.8 Å². The Balaban J connectivity index is 0.00000193. The van der Waals surface area contributed by atoms with Gasteiger partial charge in [-0.2, -0.15) is 0 Å². The largest absolute Gasteiger partial charge is 0.481 e. The van der Waals surface area contributed by atoms with E-state index in [0.29, 0.717) is 23.9 Å². The predicted molar refractivity (Wildman–Crippen MR) is 139 cm³/mol. The lowest BCUT2D eigenvalue weighted by molar-refractivity contribution is 0.147. The minimum Gasteiger partial charge on any atom is -0.481 e. The van der Waals surface area contributed by atoms with Crippen molar-refractivity contribution in [2.45, 2.75) is 31.2 Å². The van der Waals surface area contributed by atoms with Crippen LogP contribution in [0.1, 0.15) is 30.9 Å². The molecule has 2 aromatic carbocycles. The van der Waals surface area contributed by atoms with Crippen LogP contribution in [0.3, 0.4) is 0 Å². The van der Waals surface area contributed by atoms with Gasteiger partial charge < -0.3 is 9.64 Å². The predicted octanol–water partition coefficient (Wildman–Crippen LogP) is 4.60. The Hall–Kier alpha value is -1.77. The van der Waals surface area contributed by atoms with E-state index < -0.39 is 10.0 Å². The lowest BCUT2D eigenvalue weighted by Crippen LogP contribution is -2.43. The van der Waals surface area contributed by atoms with E-state index in [-0.39, 0.29) is 29.7 Å². The minimum atomic E-state index is -3.81. The van der Waals surface area contributed by atoms with Crippen LogP contribution >= 0.6 is 24.8 Å². The Labute approximate surface area is 209 Å². The number of halogens is 2. The van der Waals surface area contributed by atoms with Crippen molar-refractivity contribution in [3.05, 3.63) is 59.7 Å². The van der Waals surface area contributed by atoms with Crippen LogP contribution in [-0.4, -0.2) is 62.5 Å². The van der Waals surface area contributed by atoms with Crippen LogP contribution in [0, 0.1) is 0 Å². The van der Waals surface area contributed by atoms with Crippen LogP contribution in [0.15, 0.2) is 53.4 Å². The molecule has 1 aliphatic heterocycles. The summed E-state index contributed by atoms with van der Waals surface area (Å²) < 4.78 is 34.6. The van der Waals surface area contributed by atoms with Crippen LogP contribution in [0.2, 0.25) is 0 Å². The van der Waals surface area contributed by atoms with Gasteiger partial charge in [0.1, 0.15) is 0 Å². The van der Waals surface area contributed by atoms with Gasteiger partial charge in [0.2, 0.25) is 5.88 Å². The third-order valence-corrected chi connectivity index (χ3v) is 7.86. The van der Waals surface area contributed by atoms with Crippen LogP contribution in [0.5, 0.6) is 5.88 Å². The Morgan fingerprint density at radius 3 is 2.12 bits per heavy atom. The van der Waals surface area contributed by atoms with E-state index in [2.05, 4.69) is 30.7 Å². The number of methoxy groups -OCH3 is 1. The van der Waals surface area contributed by atoms with Gasteiger partial charge >= 0.3 is 0 Å². The van der Waals surface area contributed by atoms with E-state index in [9.17, 15) is 8.42 Å². The summed E-state index contributed by atoms with van der Waals surface area (Å²) in [4.78, 5) is 4.93. The normalized spacial score (nSPS) is 15.3. The number of likely N-dealkylation sites (N-methyl/N-ethyl adjacent to an activating group) is 1. The van der Waals surface area contributed by atoms with Crippen molar-refractivity contribution in [3.8, 4) is 5.88 Å². The van der Waals surface area contributed by atoms with Gasteiger partial charge in [-0.15, -0.1) is 24.8 Å². The number of hydrogen-bond donors (Lipinski definition) is 0. The van der Waals surface area contributed by atoms with Crippen molar-refractivity contribution in [2.24, 2.45) is 0 Å². The average molecular weight is 515 g/mol. The molecule has 6 nitrogen and oxygen atoms in total. The fourth-order valence-corrected chi connectivity index (χ4v) is 5.72. The number of fused-ring (bicyclic) bond motifs is 1. The maximum absolute atomic E-state index is 13.7. The van der Waals surface area contributed by atoms with E-state index in [1.807, 2.05) is 36.4 Å². The van der Waals surface area contributed by atoms with Crippen molar-refractivity contribution in [2.75, 3.05) is 40.3 Å². The maximum Gasteiger partial charge on any atom is 0.271 e. The molecular formula is C24H33Cl2N3O3S. The molecule has 182 valence electrons. The highest BCUT2D eigenvalue weighted by Gasteiger charge is 2.29. The second-order valence-electron chi connectivity index (χ2n) is 8.58. The molecule has 1 saturated heterocycles. The summed E-state index contributed by atoms with van der Waals surface area (Å²) in [7, 11) is -0.138. The van der Waals surface area contributed by atoms with Crippen molar-refractivity contribution >= 4 is 45.7 Å². The zero-order valence-corrected chi connectivity index (χ0v) is 22.0. The molecule has 0 amide bonds. The molecule has 0 N–H and O–H groups in total. The Morgan fingerprint density at radius 1 is 0.939 bits per heavy atom. The van der Waals surface area contributed by atoms with Crippen LogP contribution in [0.4, 0.5) is 0 Å². The molecule has 1 aromatic heterocycles. The van der Waals surface area contributed by atoms with E-state index in [4.69, 9.17) is 4.74 Å². The molecular weight excluding hydrogens is 481 g/mol. The minimum absolute atomic E-state index is 0. The molecule has 0 bridgehead atoms. The number of ether oxygens (including phenoxy) is 1. The van der Waals surface area contributed by atoms with E-state index in [1.54, 1.807) is 19.2 Å². The zero-order valence-electron chi connectivity index (χ0n) is 19.5. The average Bonchev–Trinajstić information content (AvgIpc) is 3.09. The van der Waals surface area contributed by atoms with Crippen molar-refractivity contribution in [3.63, 3.8) is 0 Å². The number of para-hydroxylation sites is 1. The van der Waals surface area contributed by atoms with Crippen LogP contribution in [0.25, 0.3) is 10.9 Å². The Kier molecular flexibility index (Phi) is 9.24. The Morgan fingerprint density at radius 2 is 1.55 bits per heavy atom. The first-order chi connectivity index (χ1) is 14.8. The summed E-state index contributed by atoms with van der Waals surface area (Å²) in [5.74, 6) is 0.738. The quantitative estimate of drug-likeness (QED) is 0.481. The van der Waals surface area contributed by atoms with Gasteiger partial charge in [-0.25, -0.2) is 12.4 Å². The SMILES string of the molecule is COc1c(CN2CCN(C)CC2)c2ccccc2n1S(=O)(=O)c1ccc(C(C)C)cc1.Cl.Cl. The summed E-state index contributed by atoms with van der Waals surface area (Å²) in [6.07, 6.45) is 0. The lowest BCUT2D eigenvalue weighted by Gasteiger charge is -2.32. The summed E-state index contributed by atoms with van der Waals surface area (Å²) in [6.45, 7) is 8.74. The maximum atomic E-state index is 13.7. The summed E-state index contributed by atoms with van der Waals surface area (Å²) >= 11 is 0. The van der Waals surface area contributed by atoms with Gasteiger partial charge in [0.05, 0.1) is 17.5 Å². The van der Waals surface area contributed by atoms with Gasteiger partial charge in [-0.1, -0.05) is 44.2 Å². The number of piperazine rings is 1. The highest BCUT2D eigenvalue weighted by atomic mass is 35.5. The standard InChI is InChI=1S/C24H31N3O3S.2ClH/c1-18(2)19-9-11-20(12-10-19)31(28,29)27-23-8-6-5-7-21(23)22(24(27)30-4)17-26-15-13-25(3)14-16-26;;/h5-12,18H,13-17H2,1-4H3;2*1H. The second-order valence-corrected chi connectivity index (χ2v) is 10.4. The molecule has 0 saturated carbocycles. The molecule has 0 unspecified atom stereocenters. The highest BCUT2D eigenvalue weighted by Crippen LogP contribution is 2.36. The highest BCUT2D eigenvalue weighted by molar-refractivity contribution is 7.90. The van der Waals surface area contributed by atoms with Gasteiger partial charge in [-0.3, -0.25) is 4.90 Å². The van der Waals surface area contributed by atoms with E-state index >= 15 is 0 Å². The van der Waals surface area contributed by atoms with Crippen molar-refractivity contribution in [1.82, 2.24) is 13.8 Å². The van der Waals surface area contributed by atoms with Gasteiger partial charge in [0.15, 0.2) is 0 Å². The molecule has 9 heteroatoms. The number of hydrogen-bond acceptors (Lipinski definition) is 5. The number of nitrogens with zero attached hydrogens (tertiary/aromatic N) is 3. The molecule has 0 aliphatic carbocycles. The van der Waals surface area contributed by atoms with E-state index in [1.165, 1.54) is 3.97 Å². The molecule has 0 radical (unpaired) electrons. The first-order valence-corrected chi connectivity index (χ1v) is 12.2. The molecule has 1 fully saturated rings. The molecule has 3 aromatic rings. The van der Waals surface area contributed by atoms with E-state index in [0.717, 1.165) is 42.7 Å². The van der Waals surface area contributed by atoms with Crippen molar-refractivity contribution in [1.29, 1.82) is 0 Å². The monoisotopic (exact) mass is 513 g/mol. The van der Waals surface area contributed by atoms with Gasteiger partial charge in [-0.05, 0) is 36.7 Å². The molecule has 0 atom stereocenters. The third-order valence-electron chi connectivity index (χ3n) is 6.15. The summed E-state index contributed by atoms with van der Waals surface area (Å²) in [5.41, 5.74) is 2.68. The number of rotatable bonds is 6. The van der Waals surface area contributed by atoms with Gasteiger partial charge in [0, 0.05) is 43.7 Å². The third kappa shape index (κ3) is 5.33. The molecule has 2 heterocycles. The number of benzene rings is 2. The first-order valence-electron chi connectivity index (χ1n) is 10.8. The Bertz CT molecular complexity index is 1170. The smallest absolute Gasteiger partial charge is 0.271 e. The molecule has 33 heavy (non-hydrogen) atoms. The van der Waals surface area contributed by atoms with Crippen molar-refractivity contribution < 1.29 is 13.2 Å². The van der Waals surface area contributed by atoms with Crippen LogP contribution in [-0.2, 0) is 16.6 Å². The van der Waals surface area contributed by atoms with Gasteiger partial charge in [0.25, 0.3) is 10.0 Å². The zero-order chi connectivity index (χ0) is 22.2. The second kappa shape index (κ2) is 11.1. The molecule has 1 aliphatic rings. The molecule has 4 rings (SSSR count). The lowest BCUT2D eigenvalue weighted by atomic mass is 10.0. The number of aromatic nitrogens is 1. The fraction of sp³-hybridized carbons (Fsp3) is 0.417. The molecule has 0 spiro atoms. The summed E-state index contributed by atoms with van der Waals surface area (Å²) in [5, 5.41) is 0.917. The first kappa shape index (κ1) is 27.5. The van der Waals surface area contributed by atoms with Crippen LogP contribution < -0.4 is 4.74 Å². The fourth-order valence-electron chi connectivity index (χ4n) is 4.21.